The minimum atomic E-state index is -0.781. The van der Waals surface area contributed by atoms with Crippen molar-refractivity contribution in [3.8, 4) is 5.75 Å². The Morgan fingerprint density at radius 3 is 2.21 bits per heavy atom. The summed E-state index contributed by atoms with van der Waals surface area (Å²) in [6.45, 7) is 2.16. The molecule has 29 heavy (non-hydrogen) atoms. The summed E-state index contributed by atoms with van der Waals surface area (Å²) in [6.07, 6.45) is 0. The van der Waals surface area contributed by atoms with E-state index in [4.69, 9.17) is 4.74 Å². The highest BCUT2D eigenvalue weighted by Crippen LogP contribution is 2.17. The molecule has 0 aliphatic rings. The maximum absolute atomic E-state index is 13.0. The second-order valence-electron chi connectivity index (χ2n) is 6.50. The molecule has 2 amide bonds. The number of rotatable bonds is 6. The number of ether oxygens (including phenoxy) is 1. The fraction of sp³-hybridized carbons (Fsp3) is 0.130. The van der Waals surface area contributed by atoms with E-state index in [-0.39, 0.29) is 5.82 Å². The average Bonchev–Trinajstić information content (AvgIpc) is 2.74. The zero-order valence-electron chi connectivity index (χ0n) is 15.9. The maximum atomic E-state index is 13.0. The van der Waals surface area contributed by atoms with Crippen LogP contribution in [0.15, 0.2) is 78.9 Å². The van der Waals surface area contributed by atoms with Gasteiger partial charge >= 0.3 is 11.8 Å². The van der Waals surface area contributed by atoms with Crippen LogP contribution in [0, 0.1) is 5.82 Å². The van der Waals surface area contributed by atoms with Gasteiger partial charge in [-0.1, -0.05) is 42.5 Å². The third kappa shape index (κ3) is 5.90. The molecule has 1 atom stereocenters. The summed E-state index contributed by atoms with van der Waals surface area (Å²) in [5, 5.41) is 5.13. The molecule has 1 unspecified atom stereocenters. The lowest BCUT2D eigenvalue weighted by Gasteiger charge is -2.14. The largest absolute Gasteiger partial charge is 0.489 e. The fourth-order valence-corrected chi connectivity index (χ4v) is 2.66. The number of amides is 2. The van der Waals surface area contributed by atoms with Gasteiger partial charge in [0.05, 0.1) is 6.04 Å². The van der Waals surface area contributed by atoms with Crippen LogP contribution in [0.5, 0.6) is 5.75 Å². The van der Waals surface area contributed by atoms with Crippen LogP contribution >= 0.6 is 0 Å². The zero-order chi connectivity index (χ0) is 20.6. The molecular weight excluding hydrogens is 371 g/mol. The van der Waals surface area contributed by atoms with Gasteiger partial charge in [-0.25, -0.2) is 4.39 Å². The molecule has 0 saturated carbocycles. The molecular formula is C23H21FN2O3. The molecule has 3 aromatic carbocycles. The Balaban J connectivity index is 1.50. The molecule has 5 nitrogen and oxygen atoms in total. The van der Waals surface area contributed by atoms with Gasteiger partial charge in [0, 0.05) is 5.69 Å². The van der Waals surface area contributed by atoms with Gasteiger partial charge < -0.3 is 15.4 Å². The van der Waals surface area contributed by atoms with Crippen LogP contribution < -0.4 is 15.4 Å². The Bertz CT molecular complexity index is 958. The van der Waals surface area contributed by atoms with Gasteiger partial charge in [0.15, 0.2) is 0 Å². The number of nitrogens with one attached hydrogen (secondary N) is 2. The number of carbonyl (C=O) groups excluding carboxylic acids is 2. The predicted octanol–water partition coefficient (Wildman–Crippen LogP) is 4.22. The Morgan fingerprint density at radius 2 is 1.55 bits per heavy atom. The third-order valence-electron chi connectivity index (χ3n) is 4.28. The van der Waals surface area contributed by atoms with Crippen molar-refractivity contribution in [2.24, 2.45) is 0 Å². The van der Waals surface area contributed by atoms with Crippen LogP contribution in [0.4, 0.5) is 10.1 Å². The summed E-state index contributed by atoms with van der Waals surface area (Å²) >= 11 is 0. The molecule has 0 radical (unpaired) electrons. The van der Waals surface area contributed by atoms with Crippen LogP contribution in [-0.2, 0) is 16.2 Å². The molecule has 0 bridgehead atoms. The lowest BCUT2D eigenvalue weighted by molar-refractivity contribution is -0.136. The highest BCUT2D eigenvalue weighted by Gasteiger charge is 2.17. The SMILES string of the molecule is CC(NC(=O)C(=O)Nc1ccc(OCc2ccccc2)cc1)c1ccc(F)cc1. The normalized spacial score (nSPS) is 11.4. The Morgan fingerprint density at radius 1 is 0.897 bits per heavy atom. The van der Waals surface area contributed by atoms with Crippen LogP contribution in [0.1, 0.15) is 24.1 Å². The molecule has 0 fully saturated rings. The van der Waals surface area contributed by atoms with Crippen molar-refractivity contribution in [1.82, 2.24) is 5.32 Å². The molecule has 0 aliphatic heterocycles. The summed E-state index contributed by atoms with van der Waals surface area (Å²) in [6, 6.07) is 21.8. The van der Waals surface area contributed by atoms with Crippen molar-refractivity contribution in [1.29, 1.82) is 0 Å². The highest BCUT2D eigenvalue weighted by molar-refractivity contribution is 6.39. The molecule has 2 N–H and O–H groups in total. The first kappa shape index (κ1) is 20.1. The fourth-order valence-electron chi connectivity index (χ4n) is 2.66. The van der Waals surface area contributed by atoms with Gasteiger partial charge in [-0.2, -0.15) is 0 Å². The first-order chi connectivity index (χ1) is 14.0. The molecule has 148 valence electrons. The van der Waals surface area contributed by atoms with Gasteiger partial charge in [-0.15, -0.1) is 0 Å². The smallest absolute Gasteiger partial charge is 0.313 e. The van der Waals surface area contributed by atoms with E-state index in [1.54, 1.807) is 43.3 Å². The zero-order valence-corrected chi connectivity index (χ0v) is 15.9. The third-order valence-corrected chi connectivity index (χ3v) is 4.28. The van der Waals surface area contributed by atoms with Crippen molar-refractivity contribution in [2.75, 3.05) is 5.32 Å². The predicted molar refractivity (Wildman–Crippen MR) is 109 cm³/mol. The van der Waals surface area contributed by atoms with Crippen LogP contribution in [-0.4, -0.2) is 11.8 Å². The topological polar surface area (TPSA) is 67.4 Å². The van der Waals surface area contributed by atoms with Crippen LogP contribution in [0.3, 0.4) is 0 Å². The second-order valence-corrected chi connectivity index (χ2v) is 6.50. The number of benzene rings is 3. The molecule has 3 rings (SSSR count). The van der Waals surface area contributed by atoms with Crippen molar-refractivity contribution in [3.05, 3.63) is 95.8 Å². The minimum Gasteiger partial charge on any atom is -0.489 e. The van der Waals surface area contributed by atoms with Crippen molar-refractivity contribution in [3.63, 3.8) is 0 Å². The molecule has 0 spiro atoms. The van der Waals surface area contributed by atoms with Crippen molar-refractivity contribution >= 4 is 17.5 Å². The van der Waals surface area contributed by atoms with E-state index in [0.29, 0.717) is 23.6 Å². The molecule has 0 saturated heterocycles. The summed E-state index contributed by atoms with van der Waals surface area (Å²) < 4.78 is 18.7. The number of hydrogen-bond donors (Lipinski definition) is 2. The average molecular weight is 392 g/mol. The van der Waals surface area contributed by atoms with E-state index >= 15 is 0 Å². The molecule has 0 heterocycles. The summed E-state index contributed by atoms with van der Waals surface area (Å²) in [4.78, 5) is 24.2. The van der Waals surface area contributed by atoms with Crippen LogP contribution in [0.25, 0.3) is 0 Å². The van der Waals surface area contributed by atoms with E-state index in [1.807, 2.05) is 30.3 Å². The number of hydrogen-bond acceptors (Lipinski definition) is 3. The van der Waals surface area contributed by atoms with E-state index in [0.717, 1.165) is 5.56 Å². The number of halogens is 1. The standard InChI is InChI=1S/C23H21FN2O3/c1-16(18-7-9-19(24)10-8-18)25-22(27)23(28)26-20-11-13-21(14-12-20)29-15-17-5-3-2-4-6-17/h2-14,16H,15H2,1H3,(H,25,27)(H,26,28). The van der Waals surface area contributed by atoms with Gasteiger partial charge in [-0.3, -0.25) is 9.59 Å². The minimum absolute atomic E-state index is 0.360. The van der Waals surface area contributed by atoms with Crippen molar-refractivity contribution in [2.45, 2.75) is 19.6 Å². The van der Waals surface area contributed by atoms with E-state index < -0.39 is 17.9 Å². The molecule has 0 aliphatic carbocycles. The maximum Gasteiger partial charge on any atom is 0.313 e. The number of carbonyl (C=O) groups is 2. The lowest BCUT2D eigenvalue weighted by atomic mass is 10.1. The molecule has 0 aromatic heterocycles. The van der Waals surface area contributed by atoms with Gasteiger partial charge in [-0.05, 0) is 54.4 Å². The summed E-state index contributed by atoms with van der Waals surface area (Å²) in [5.41, 5.74) is 2.23. The van der Waals surface area contributed by atoms with E-state index in [2.05, 4.69) is 10.6 Å². The van der Waals surface area contributed by atoms with Gasteiger partial charge in [0.1, 0.15) is 18.2 Å². The quantitative estimate of drug-likeness (QED) is 0.617. The van der Waals surface area contributed by atoms with Gasteiger partial charge in [0.25, 0.3) is 0 Å². The number of anilines is 1. The van der Waals surface area contributed by atoms with E-state index in [9.17, 15) is 14.0 Å². The van der Waals surface area contributed by atoms with Gasteiger partial charge in [0.2, 0.25) is 0 Å². The summed E-state index contributed by atoms with van der Waals surface area (Å²) in [7, 11) is 0. The second kappa shape index (κ2) is 9.50. The highest BCUT2D eigenvalue weighted by atomic mass is 19.1. The Hall–Kier alpha value is -3.67. The Kier molecular flexibility index (Phi) is 6.58. The molecule has 3 aromatic rings. The Labute approximate surface area is 168 Å². The van der Waals surface area contributed by atoms with Crippen molar-refractivity contribution < 1.29 is 18.7 Å². The molecule has 6 heteroatoms. The lowest BCUT2D eigenvalue weighted by Crippen LogP contribution is -2.36. The first-order valence-electron chi connectivity index (χ1n) is 9.15. The van der Waals surface area contributed by atoms with E-state index in [1.165, 1.54) is 12.1 Å². The first-order valence-corrected chi connectivity index (χ1v) is 9.15. The van der Waals surface area contributed by atoms with Crippen LogP contribution in [0.2, 0.25) is 0 Å². The summed E-state index contributed by atoms with van der Waals surface area (Å²) in [5.74, 6) is -1.26. The monoisotopic (exact) mass is 392 g/mol.